The highest BCUT2D eigenvalue weighted by Crippen LogP contribution is 2.29. The van der Waals surface area contributed by atoms with Gasteiger partial charge in [0, 0.05) is 25.9 Å². The summed E-state index contributed by atoms with van der Waals surface area (Å²) in [7, 11) is -2.79. The summed E-state index contributed by atoms with van der Waals surface area (Å²) < 4.78 is 60.7. The molecule has 0 aliphatic carbocycles. The second kappa shape index (κ2) is 7.16. The quantitative estimate of drug-likeness (QED) is 0.637. The molecule has 0 aromatic carbocycles. The molecule has 0 amide bonds. The van der Waals surface area contributed by atoms with Gasteiger partial charge in [0.15, 0.2) is 0 Å². The maximum absolute atomic E-state index is 11.8. The Labute approximate surface area is 107 Å². The smallest absolute Gasteiger partial charge is 0.441 e. The van der Waals surface area contributed by atoms with Crippen molar-refractivity contribution in [3.05, 3.63) is 0 Å². The number of rotatable bonds is 8. The Kier molecular flexibility index (Phi) is 6.96. The van der Waals surface area contributed by atoms with Crippen molar-refractivity contribution in [1.82, 2.24) is 9.03 Å². The molecule has 0 aliphatic heterocycles. The highest BCUT2D eigenvalue weighted by atomic mass is 32.2. The lowest BCUT2D eigenvalue weighted by Gasteiger charge is -2.16. The molecule has 0 radical (unpaired) electrons. The first-order valence-electron chi connectivity index (χ1n) is 4.68. The van der Waals surface area contributed by atoms with Gasteiger partial charge in [0.05, 0.1) is 6.42 Å². The third kappa shape index (κ3) is 8.55. The number of hydrogen-bond donors (Lipinski definition) is 2. The number of alkyl halides is 3. The molecule has 0 heterocycles. The van der Waals surface area contributed by atoms with Crippen molar-refractivity contribution >= 4 is 27.9 Å². The molecule has 0 spiro atoms. The molecule has 2 N–H and O–H groups in total. The van der Waals surface area contributed by atoms with Gasteiger partial charge in [0.25, 0.3) is 10.2 Å². The van der Waals surface area contributed by atoms with Gasteiger partial charge in [0.1, 0.15) is 0 Å². The van der Waals surface area contributed by atoms with E-state index in [1.165, 1.54) is 0 Å². The van der Waals surface area contributed by atoms with Crippen LogP contribution in [0.5, 0.6) is 0 Å². The molecular weight excluding hydrogens is 297 g/mol. The monoisotopic (exact) mass is 310 g/mol. The van der Waals surface area contributed by atoms with Crippen LogP contribution in [0.2, 0.25) is 0 Å². The normalized spacial score (nSPS) is 12.9. The fraction of sp³-hybridized carbons (Fsp3) is 0.857. The van der Waals surface area contributed by atoms with Crippen LogP contribution in [-0.4, -0.2) is 55.2 Å². The highest BCUT2D eigenvalue weighted by molar-refractivity contribution is 8.00. The van der Waals surface area contributed by atoms with Gasteiger partial charge in [-0.25, -0.2) is 4.72 Å². The highest BCUT2D eigenvalue weighted by Gasteiger charge is 2.28. The first kappa shape index (κ1) is 17.5. The second-order valence-electron chi connectivity index (χ2n) is 3.16. The van der Waals surface area contributed by atoms with E-state index in [9.17, 15) is 26.4 Å². The van der Waals surface area contributed by atoms with Crippen LogP contribution in [-0.2, 0) is 15.0 Å². The number of carboxylic acid groups (broad SMARTS) is 1. The molecule has 0 aromatic rings. The zero-order valence-electron chi connectivity index (χ0n) is 9.40. The van der Waals surface area contributed by atoms with Gasteiger partial charge in [-0.05, 0) is 11.8 Å². The topological polar surface area (TPSA) is 86.7 Å². The van der Waals surface area contributed by atoms with Crippen LogP contribution in [0.1, 0.15) is 6.42 Å². The Morgan fingerprint density at radius 1 is 1.44 bits per heavy atom. The largest absolute Gasteiger partial charge is 0.481 e. The van der Waals surface area contributed by atoms with Crippen LogP contribution in [0.15, 0.2) is 0 Å². The average molecular weight is 310 g/mol. The van der Waals surface area contributed by atoms with E-state index in [0.29, 0.717) is 0 Å². The van der Waals surface area contributed by atoms with E-state index in [1.807, 2.05) is 4.72 Å². The molecule has 0 unspecified atom stereocenters. The summed E-state index contributed by atoms with van der Waals surface area (Å²) in [5.41, 5.74) is -4.40. The number of carbonyl (C=O) groups is 1. The molecule has 11 heteroatoms. The van der Waals surface area contributed by atoms with Crippen molar-refractivity contribution in [3.63, 3.8) is 0 Å². The van der Waals surface area contributed by atoms with E-state index < -0.39 is 27.4 Å². The summed E-state index contributed by atoms with van der Waals surface area (Å²) in [6.45, 7) is -0.638. The molecule has 6 nitrogen and oxygen atoms in total. The van der Waals surface area contributed by atoms with Gasteiger partial charge in [-0.3, -0.25) is 4.79 Å². The molecule has 0 atom stereocenters. The van der Waals surface area contributed by atoms with E-state index in [2.05, 4.69) is 0 Å². The average Bonchev–Trinajstić information content (AvgIpc) is 2.19. The van der Waals surface area contributed by atoms with E-state index in [-0.39, 0.29) is 31.3 Å². The van der Waals surface area contributed by atoms with Gasteiger partial charge in [-0.15, -0.1) is 0 Å². The molecular formula is C7H13F3N2O4S2. The van der Waals surface area contributed by atoms with Crippen LogP contribution in [0, 0.1) is 0 Å². The molecule has 0 fully saturated rings. The van der Waals surface area contributed by atoms with Crippen molar-refractivity contribution < 1.29 is 31.5 Å². The summed E-state index contributed by atoms with van der Waals surface area (Å²) >= 11 is -0.335. The molecule has 0 aliphatic rings. The number of hydrogen-bond acceptors (Lipinski definition) is 4. The number of thioether (sulfide) groups is 1. The predicted molar refractivity (Wildman–Crippen MR) is 60.3 cm³/mol. The Morgan fingerprint density at radius 3 is 2.44 bits per heavy atom. The van der Waals surface area contributed by atoms with Crippen molar-refractivity contribution in [2.75, 3.05) is 25.9 Å². The summed E-state index contributed by atoms with van der Waals surface area (Å²) in [6.07, 6.45) is -0.380. The molecule has 0 saturated carbocycles. The standard InChI is InChI=1S/C7H13F3N2O4S2/c1-12(4-2-6(13)14)18(15,16)11-3-5-17-7(8,9)10/h11H,2-5H2,1H3,(H,13,14). The van der Waals surface area contributed by atoms with Crippen LogP contribution in [0.3, 0.4) is 0 Å². The minimum absolute atomic E-state index is 0.253. The summed E-state index contributed by atoms with van der Waals surface area (Å²) in [6, 6.07) is 0. The predicted octanol–water partition coefficient (Wildman–Crippen LogP) is 0.480. The fourth-order valence-corrected chi connectivity index (χ4v) is 2.30. The van der Waals surface area contributed by atoms with Crippen molar-refractivity contribution in [1.29, 1.82) is 0 Å². The third-order valence-electron chi connectivity index (χ3n) is 1.70. The Bertz CT molecular complexity index is 371. The molecule has 0 rings (SSSR count). The summed E-state index contributed by atoms with van der Waals surface area (Å²) in [5, 5.41) is 8.36. The molecule has 0 aromatic heterocycles. The molecule has 108 valence electrons. The van der Waals surface area contributed by atoms with E-state index in [0.717, 1.165) is 11.4 Å². The van der Waals surface area contributed by atoms with E-state index in [1.54, 1.807) is 0 Å². The zero-order valence-corrected chi connectivity index (χ0v) is 11.0. The van der Waals surface area contributed by atoms with Crippen LogP contribution in [0.25, 0.3) is 0 Å². The summed E-state index contributed by atoms with van der Waals surface area (Å²) in [4.78, 5) is 10.2. The second-order valence-corrected chi connectivity index (χ2v) is 6.18. The molecule has 0 saturated heterocycles. The number of halogens is 3. The number of carboxylic acids is 1. The fourth-order valence-electron chi connectivity index (χ4n) is 0.821. The van der Waals surface area contributed by atoms with E-state index in [4.69, 9.17) is 5.11 Å². The number of nitrogens with zero attached hydrogens (tertiary/aromatic N) is 1. The zero-order chi connectivity index (χ0) is 14.4. The number of aliphatic carboxylic acids is 1. The van der Waals surface area contributed by atoms with Gasteiger partial charge in [0.2, 0.25) is 0 Å². The maximum atomic E-state index is 11.8. The van der Waals surface area contributed by atoms with Gasteiger partial charge < -0.3 is 5.11 Å². The van der Waals surface area contributed by atoms with Gasteiger partial charge >= 0.3 is 11.5 Å². The third-order valence-corrected chi connectivity index (χ3v) is 4.01. The lowest BCUT2D eigenvalue weighted by atomic mass is 10.4. The summed E-state index contributed by atoms with van der Waals surface area (Å²) in [5.74, 6) is -1.61. The lowest BCUT2D eigenvalue weighted by Crippen LogP contribution is -2.40. The first-order valence-corrected chi connectivity index (χ1v) is 7.10. The van der Waals surface area contributed by atoms with Crippen LogP contribution in [0.4, 0.5) is 13.2 Å². The first-order chi connectivity index (χ1) is 8.04. The van der Waals surface area contributed by atoms with Gasteiger partial charge in [-0.2, -0.15) is 25.9 Å². The van der Waals surface area contributed by atoms with Crippen molar-refractivity contribution in [2.24, 2.45) is 0 Å². The maximum Gasteiger partial charge on any atom is 0.441 e. The Hall–Kier alpha value is -0.520. The Balaban J connectivity index is 4.03. The van der Waals surface area contributed by atoms with Crippen molar-refractivity contribution in [2.45, 2.75) is 11.9 Å². The lowest BCUT2D eigenvalue weighted by molar-refractivity contribution is -0.137. The van der Waals surface area contributed by atoms with Crippen LogP contribution < -0.4 is 4.72 Å². The van der Waals surface area contributed by atoms with Gasteiger partial charge in [-0.1, -0.05) is 0 Å². The SMILES string of the molecule is CN(CCC(=O)O)S(=O)(=O)NCCSC(F)(F)F. The van der Waals surface area contributed by atoms with E-state index >= 15 is 0 Å². The van der Waals surface area contributed by atoms with Crippen molar-refractivity contribution in [3.8, 4) is 0 Å². The molecule has 0 bridgehead atoms. The minimum atomic E-state index is -4.40. The molecule has 18 heavy (non-hydrogen) atoms. The Morgan fingerprint density at radius 2 is 2.00 bits per heavy atom. The number of nitrogens with one attached hydrogen (secondary N) is 1. The minimum Gasteiger partial charge on any atom is -0.481 e. The van der Waals surface area contributed by atoms with Crippen LogP contribution >= 0.6 is 11.8 Å².